The Bertz CT molecular complexity index is 1330. The summed E-state index contributed by atoms with van der Waals surface area (Å²) in [5, 5.41) is 3.17. The van der Waals surface area contributed by atoms with Crippen LogP contribution in [-0.2, 0) is 23.0 Å². The molecule has 1 amide bonds. The van der Waals surface area contributed by atoms with E-state index in [1.165, 1.54) is 16.1 Å². The summed E-state index contributed by atoms with van der Waals surface area (Å²) in [6, 6.07) is 18.9. The predicted molar refractivity (Wildman–Crippen MR) is 140 cm³/mol. The summed E-state index contributed by atoms with van der Waals surface area (Å²) < 4.78 is 31.9. The van der Waals surface area contributed by atoms with Crippen LogP contribution in [0.25, 0.3) is 0 Å². The van der Waals surface area contributed by atoms with Crippen molar-refractivity contribution in [1.29, 1.82) is 0 Å². The van der Waals surface area contributed by atoms with Crippen molar-refractivity contribution in [1.82, 2.24) is 5.32 Å². The number of methoxy groups -OCH3 is 1. The molecular weight excluding hydrogens is 460 g/mol. The van der Waals surface area contributed by atoms with E-state index in [0.717, 1.165) is 47.3 Å². The molecule has 6 nitrogen and oxygen atoms in total. The molecule has 184 valence electrons. The normalized spacial score (nSPS) is 15.3. The zero-order valence-electron chi connectivity index (χ0n) is 20.7. The lowest BCUT2D eigenvalue weighted by Crippen LogP contribution is -2.31. The van der Waals surface area contributed by atoms with E-state index >= 15 is 0 Å². The van der Waals surface area contributed by atoms with Crippen molar-refractivity contribution in [2.75, 3.05) is 17.7 Å². The molecule has 7 heteroatoms. The van der Waals surface area contributed by atoms with Crippen LogP contribution < -0.4 is 14.4 Å². The van der Waals surface area contributed by atoms with Crippen LogP contribution in [0.5, 0.6) is 5.75 Å². The highest BCUT2D eigenvalue weighted by Gasteiger charge is 2.23. The average Bonchev–Trinajstić information content (AvgIpc) is 2.83. The molecule has 1 unspecified atom stereocenters. The number of amides is 1. The van der Waals surface area contributed by atoms with Gasteiger partial charge >= 0.3 is 0 Å². The van der Waals surface area contributed by atoms with Crippen LogP contribution in [0.1, 0.15) is 57.1 Å². The summed E-state index contributed by atoms with van der Waals surface area (Å²) in [4.78, 5) is 13.0. The van der Waals surface area contributed by atoms with E-state index in [-0.39, 0.29) is 18.5 Å². The second kappa shape index (κ2) is 10.1. The Balaban J connectivity index is 1.50. The zero-order valence-corrected chi connectivity index (χ0v) is 21.5. The van der Waals surface area contributed by atoms with Crippen molar-refractivity contribution in [3.63, 3.8) is 0 Å². The number of ether oxygens (including phenoxy) is 1. The van der Waals surface area contributed by atoms with Gasteiger partial charge in [0, 0.05) is 5.56 Å². The van der Waals surface area contributed by atoms with Gasteiger partial charge < -0.3 is 10.1 Å². The molecule has 0 fully saturated rings. The van der Waals surface area contributed by atoms with Gasteiger partial charge in [-0.1, -0.05) is 30.3 Å². The van der Waals surface area contributed by atoms with E-state index < -0.39 is 10.0 Å². The predicted octanol–water partition coefficient (Wildman–Crippen LogP) is 5.09. The fraction of sp³-hybridized carbons (Fsp3) is 0.321. The molecule has 1 aliphatic rings. The van der Waals surface area contributed by atoms with Gasteiger partial charge in [0.15, 0.2) is 0 Å². The molecule has 1 N–H and O–H groups in total. The van der Waals surface area contributed by atoms with Crippen LogP contribution in [0.2, 0.25) is 0 Å². The Morgan fingerprint density at radius 1 is 1.06 bits per heavy atom. The minimum atomic E-state index is -3.49. The van der Waals surface area contributed by atoms with E-state index in [4.69, 9.17) is 4.74 Å². The van der Waals surface area contributed by atoms with Gasteiger partial charge in [0.1, 0.15) is 5.75 Å². The topological polar surface area (TPSA) is 75.7 Å². The summed E-state index contributed by atoms with van der Waals surface area (Å²) in [5.41, 5.74) is 6.26. The first kappa shape index (κ1) is 24.8. The van der Waals surface area contributed by atoms with Gasteiger partial charge in [-0.25, -0.2) is 8.42 Å². The van der Waals surface area contributed by atoms with Gasteiger partial charge in [0.25, 0.3) is 5.91 Å². The highest BCUT2D eigenvalue weighted by atomic mass is 32.2. The van der Waals surface area contributed by atoms with Crippen LogP contribution in [0.4, 0.5) is 5.69 Å². The highest BCUT2D eigenvalue weighted by molar-refractivity contribution is 7.92. The van der Waals surface area contributed by atoms with Crippen LogP contribution in [0.15, 0.2) is 60.7 Å². The summed E-state index contributed by atoms with van der Waals surface area (Å²) in [6.45, 7) is 4.04. The molecular formula is C28H32N2O4S. The standard InChI is InChI=1S/C28H32N2O4S/c1-19-8-9-20(2)27(16-19)30(35(4,32)33)18-21-10-12-22(13-11-21)28(31)29-26-7-5-6-23-17-24(34-3)14-15-25(23)26/h8-17,26H,5-7,18H2,1-4H3,(H,29,31). The van der Waals surface area contributed by atoms with Crippen molar-refractivity contribution in [3.8, 4) is 5.75 Å². The number of hydrogen-bond donors (Lipinski definition) is 1. The monoisotopic (exact) mass is 492 g/mol. The smallest absolute Gasteiger partial charge is 0.251 e. The molecule has 0 radical (unpaired) electrons. The molecule has 0 bridgehead atoms. The Kier molecular flexibility index (Phi) is 7.17. The number of hydrogen-bond acceptors (Lipinski definition) is 4. The third kappa shape index (κ3) is 5.68. The number of carbonyl (C=O) groups excluding carboxylic acids is 1. The number of nitrogens with zero attached hydrogens (tertiary/aromatic N) is 1. The number of carbonyl (C=O) groups is 1. The third-order valence-electron chi connectivity index (χ3n) is 6.55. The zero-order chi connectivity index (χ0) is 25.2. The molecule has 1 atom stereocenters. The molecule has 35 heavy (non-hydrogen) atoms. The quantitative estimate of drug-likeness (QED) is 0.499. The Labute approximate surface area is 208 Å². The van der Waals surface area contributed by atoms with Crippen LogP contribution in [-0.4, -0.2) is 27.7 Å². The van der Waals surface area contributed by atoms with Crippen molar-refractivity contribution in [3.05, 3.63) is 94.0 Å². The maximum absolute atomic E-state index is 13.0. The molecule has 0 spiro atoms. The first-order chi connectivity index (χ1) is 16.7. The van der Waals surface area contributed by atoms with Crippen molar-refractivity contribution in [2.45, 2.75) is 45.7 Å². The molecule has 0 saturated heterocycles. The average molecular weight is 493 g/mol. The molecule has 0 heterocycles. The van der Waals surface area contributed by atoms with Gasteiger partial charge in [0.05, 0.1) is 31.6 Å². The summed E-state index contributed by atoms with van der Waals surface area (Å²) in [6.07, 6.45) is 4.09. The minimum absolute atomic E-state index is 0.0399. The largest absolute Gasteiger partial charge is 0.497 e. The summed E-state index contributed by atoms with van der Waals surface area (Å²) in [5.74, 6) is 0.690. The van der Waals surface area contributed by atoms with Gasteiger partial charge in [-0.05, 0) is 91.3 Å². The number of rotatable bonds is 7. The lowest BCUT2D eigenvalue weighted by Gasteiger charge is -2.27. The van der Waals surface area contributed by atoms with Crippen LogP contribution in [0.3, 0.4) is 0 Å². The number of anilines is 1. The van der Waals surface area contributed by atoms with Gasteiger partial charge in [-0.2, -0.15) is 0 Å². The van der Waals surface area contributed by atoms with Crippen molar-refractivity contribution in [2.24, 2.45) is 0 Å². The maximum atomic E-state index is 13.0. The number of fused-ring (bicyclic) bond motifs is 1. The fourth-order valence-corrected chi connectivity index (χ4v) is 5.54. The van der Waals surface area contributed by atoms with Crippen LogP contribution in [0, 0.1) is 13.8 Å². The van der Waals surface area contributed by atoms with E-state index in [1.54, 1.807) is 19.2 Å². The second-order valence-corrected chi connectivity index (χ2v) is 11.1. The summed E-state index contributed by atoms with van der Waals surface area (Å²) in [7, 11) is -1.83. The Morgan fingerprint density at radius 2 is 1.80 bits per heavy atom. The van der Waals surface area contributed by atoms with E-state index in [1.807, 2.05) is 62.4 Å². The minimum Gasteiger partial charge on any atom is -0.497 e. The van der Waals surface area contributed by atoms with Gasteiger partial charge in [-0.3, -0.25) is 9.10 Å². The molecule has 1 aliphatic carbocycles. The molecule has 3 aromatic rings. The van der Waals surface area contributed by atoms with E-state index in [2.05, 4.69) is 5.32 Å². The number of benzene rings is 3. The molecule has 3 aromatic carbocycles. The maximum Gasteiger partial charge on any atom is 0.251 e. The molecule has 4 rings (SSSR count). The highest BCUT2D eigenvalue weighted by Crippen LogP contribution is 2.32. The van der Waals surface area contributed by atoms with Crippen LogP contribution >= 0.6 is 0 Å². The van der Waals surface area contributed by atoms with Crippen molar-refractivity contribution < 1.29 is 17.9 Å². The Morgan fingerprint density at radius 3 is 2.49 bits per heavy atom. The molecule has 0 saturated carbocycles. The second-order valence-electron chi connectivity index (χ2n) is 9.24. The Hall–Kier alpha value is -3.32. The van der Waals surface area contributed by atoms with E-state index in [9.17, 15) is 13.2 Å². The van der Waals surface area contributed by atoms with E-state index in [0.29, 0.717) is 11.3 Å². The number of aryl methyl sites for hydroxylation is 3. The van der Waals surface area contributed by atoms with Gasteiger partial charge in [-0.15, -0.1) is 0 Å². The third-order valence-corrected chi connectivity index (χ3v) is 7.67. The van der Waals surface area contributed by atoms with Crippen molar-refractivity contribution >= 4 is 21.6 Å². The first-order valence-electron chi connectivity index (χ1n) is 11.8. The molecule has 0 aromatic heterocycles. The molecule has 0 aliphatic heterocycles. The number of sulfonamides is 1. The fourth-order valence-electron chi connectivity index (χ4n) is 4.61. The lowest BCUT2D eigenvalue weighted by molar-refractivity contribution is 0.0932. The summed E-state index contributed by atoms with van der Waals surface area (Å²) >= 11 is 0. The van der Waals surface area contributed by atoms with Gasteiger partial charge in [0.2, 0.25) is 10.0 Å². The number of nitrogens with one attached hydrogen (secondary N) is 1. The lowest BCUT2D eigenvalue weighted by atomic mass is 9.87. The first-order valence-corrected chi connectivity index (χ1v) is 13.6. The SMILES string of the molecule is COc1ccc2c(c1)CCCC2NC(=O)c1ccc(CN(c2cc(C)ccc2C)S(C)(=O)=O)cc1.